The summed E-state index contributed by atoms with van der Waals surface area (Å²) in [5, 5.41) is 19.5. The third kappa shape index (κ3) is 3.94. The normalized spacial score (nSPS) is 11.5. The number of rotatable bonds is 3. The summed E-state index contributed by atoms with van der Waals surface area (Å²) < 4.78 is 0. The van der Waals surface area contributed by atoms with E-state index in [1.54, 1.807) is 12.1 Å². The summed E-state index contributed by atoms with van der Waals surface area (Å²) in [5.74, 6) is 0.294. The number of fused-ring (bicyclic) bond motifs is 4. The molecule has 0 unspecified atom stereocenters. The van der Waals surface area contributed by atoms with Crippen molar-refractivity contribution in [1.82, 2.24) is 0 Å². The minimum Gasteiger partial charge on any atom is -0.508 e. The largest absolute Gasteiger partial charge is 0.508 e. The monoisotopic (exact) mass is 522 g/mol. The molecule has 1 heteroatoms. The van der Waals surface area contributed by atoms with Crippen LogP contribution in [-0.2, 0) is 0 Å². The SMILES string of the molecule is Oc1ccc2cc(-c3ccc4cc(-c5c6ccccc6c(-c6ccccc6)c6ccccc56)ccc4c3)ccc2c1. The fourth-order valence-electron chi connectivity index (χ4n) is 6.35. The molecule has 8 aromatic carbocycles. The van der Waals surface area contributed by atoms with E-state index in [-0.39, 0.29) is 0 Å². The molecule has 1 N–H and O–H groups in total. The van der Waals surface area contributed by atoms with E-state index in [4.69, 9.17) is 0 Å². The Morgan fingerprint density at radius 2 is 0.683 bits per heavy atom. The van der Waals surface area contributed by atoms with Crippen LogP contribution in [0.25, 0.3) is 76.5 Å². The number of hydrogen-bond donors (Lipinski definition) is 1. The molecular formula is C40H26O. The van der Waals surface area contributed by atoms with Crippen LogP contribution >= 0.6 is 0 Å². The Morgan fingerprint density at radius 3 is 1.22 bits per heavy atom. The second-order valence-corrected chi connectivity index (χ2v) is 10.7. The number of aromatic hydroxyl groups is 1. The van der Waals surface area contributed by atoms with Crippen molar-refractivity contribution in [2.45, 2.75) is 0 Å². The molecule has 1 nitrogen and oxygen atoms in total. The molecule has 8 aromatic rings. The van der Waals surface area contributed by atoms with Crippen LogP contribution < -0.4 is 0 Å². The van der Waals surface area contributed by atoms with Crippen LogP contribution in [0.3, 0.4) is 0 Å². The average molecular weight is 523 g/mol. The van der Waals surface area contributed by atoms with E-state index in [0.29, 0.717) is 5.75 Å². The van der Waals surface area contributed by atoms with Crippen molar-refractivity contribution in [3.63, 3.8) is 0 Å². The van der Waals surface area contributed by atoms with E-state index in [2.05, 4.69) is 133 Å². The van der Waals surface area contributed by atoms with Crippen molar-refractivity contribution >= 4 is 43.1 Å². The van der Waals surface area contributed by atoms with Gasteiger partial charge in [0, 0.05) is 0 Å². The number of phenolic OH excluding ortho intramolecular Hbond substituents is 1. The van der Waals surface area contributed by atoms with Crippen LogP contribution in [0.4, 0.5) is 0 Å². The van der Waals surface area contributed by atoms with Crippen molar-refractivity contribution in [2.75, 3.05) is 0 Å². The van der Waals surface area contributed by atoms with Gasteiger partial charge >= 0.3 is 0 Å². The van der Waals surface area contributed by atoms with E-state index < -0.39 is 0 Å². The molecule has 0 aliphatic heterocycles. The summed E-state index contributed by atoms with van der Waals surface area (Å²) in [6.45, 7) is 0. The van der Waals surface area contributed by atoms with E-state index in [1.807, 2.05) is 6.07 Å². The lowest BCUT2D eigenvalue weighted by atomic mass is 9.85. The highest BCUT2D eigenvalue weighted by molar-refractivity contribution is 6.21. The van der Waals surface area contributed by atoms with E-state index in [9.17, 15) is 5.11 Å². The Labute approximate surface area is 238 Å². The standard InChI is InChI=1S/C40H26O/c41-34-21-20-31-23-28(16-17-32(31)25-34)27-14-15-30-24-33(19-18-29(30)22-27)40-37-12-6-4-10-35(37)39(26-8-2-1-3-9-26)36-11-5-7-13-38(36)40/h1-25,41H. The lowest BCUT2D eigenvalue weighted by Gasteiger charge is -2.18. The lowest BCUT2D eigenvalue weighted by Crippen LogP contribution is -1.90. The van der Waals surface area contributed by atoms with E-state index in [0.717, 1.165) is 10.8 Å². The van der Waals surface area contributed by atoms with Crippen molar-refractivity contribution < 1.29 is 5.11 Å². The Morgan fingerprint density at radius 1 is 0.293 bits per heavy atom. The van der Waals surface area contributed by atoms with Gasteiger partial charge in [0.1, 0.15) is 5.75 Å². The molecule has 41 heavy (non-hydrogen) atoms. The predicted octanol–water partition coefficient (Wildman–Crippen LogP) is 11.0. The molecule has 0 radical (unpaired) electrons. The van der Waals surface area contributed by atoms with Crippen molar-refractivity contribution in [1.29, 1.82) is 0 Å². The van der Waals surface area contributed by atoms with Crippen LogP contribution in [0.15, 0.2) is 152 Å². The average Bonchev–Trinajstić information content (AvgIpc) is 3.03. The first-order valence-corrected chi connectivity index (χ1v) is 14.0. The zero-order valence-electron chi connectivity index (χ0n) is 22.4. The van der Waals surface area contributed by atoms with E-state index >= 15 is 0 Å². The van der Waals surface area contributed by atoms with Crippen molar-refractivity contribution in [2.24, 2.45) is 0 Å². The zero-order chi connectivity index (χ0) is 27.3. The summed E-state index contributed by atoms with van der Waals surface area (Å²) >= 11 is 0. The van der Waals surface area contributed by atoms with Gasteiger partial charge in [0.15, 0.2) is 0 Å². The summed E-state index contributed by atoms with van der Waals surface area (Å²) in [6, 6.07) is 53.8. The van der Waals surface area contributed by atoms with Crippen LogP contribution in [-0.4, -0.2) is 5.11 Å². The smallest absolute Gasteiger partial charge is 0.116 e. The van der Waals surface area contributed by atoms with Gasteiger partial charge in [0.25, 0.3) is 0 Å². The van der Waals surface area contributed by atoms with Crippen LogP contribution in [0, 0.1) is 0 Å². The molecule has 0 bridgehead atoms. The molecule has 0 aliphatic rings. The van der Waals surface area contributed by atoms with Gasteiger partial charge < -0.3 is 5.11 Å². The van der Waals surface area contributed by atoms with Gasteiger partial charge in [0.05, 0.1) is 0 Å². The fourth-order valence-corrected chi connectivity index (χ4v) is 6.35. The van der Waals surface area contributed by atoms with Gasteiger partial charge in [-0.15, -0.1) is 0 Å². The third-order valence-electron chi connectivity index (χ3n) is 8.28. The quantitative estimate of drug-likeness (QED) is 0.229. The second-order valence-electron chi connectivity index (χ2n) is 10.7. The molecule has 0 saturated carbocycles. The molecule has 192 valence electrons. The van der Waals surface area contributed by atoms with Gasteiger partial charge in [-0.3, -0.25) is 0 Å². The molecule has 0 heterocycles. The maximum absolute atomic E-state index is 9.82. The van der Waals surface area contributed by atoms with Gasteiger partial charge in [0.2, 0.25) is 0 Å². The Kier molecular flexibility index (Phi) is 5.36. The Balaban J connectivity index is 1.30. The van der Waals surface area contributed by atoms with Gasteiger partial charge in [-0.25, -0.2) is 0 Å². The molecule has 0 aromatic heterocycles. The van der Waals surface area contributed by atoms with Crippen molar-refractivity contribution in [3.05, 3.63) is 152 Å². The Hall–Kier alpha value is -5.40. The first-order chi connectivity index (χ1) is 20.2. The molecule has 0 aliphatic carbocycles. The highest BCUT2D eigenvalue weighted by atomic mass is 16.3. The van der Waals surface area contributed by atoms with Gasteiger partial charge in [-0.2, -0.15) is 0 Å². The second kappa shape index (κ2) is 9.36. The number of hydrogen-bond acceptors (Lipinski definition) is 1. The Bertz CT molecular complexity index is 2200. The molecular weight excluding hydrogens is 496 g/mol. The molecule has 8 rings (SSSR count). The van der Waals surface area contributed by atoms with E-state index in [1.165, 1.54) is 65.7 Å². The predicted molar refractivity (Wildman–Crippen MR) is 174 cm³/mol. The first-order valence-electron chi connectivity index (χ1n) is 14.0. The number of phenols is 1. The summed E-state index contributed by atoms with van der Waals surface area (Å²) in [7, 11) is 0. The summed E-state index contributed by atoms with van der Waals surface area (Å²) in [4.78, 5) is 0. The van der Waals surface area contributed by atoms with Gasteiger partial charge in [-0.05, 0) is 107 Å². The lowest BCUT2D eigenvalue weighted by molar-refractivity contribution is 0.476. The first kappa shape index (κ1) is 23.5. The summed E-state index contributed by atoms with van der Waals surface area (Å²) in [6.07, 6.45) is 0. The van der Waals surface area contributed by atoms with Crippen LogP contribution in [0.2, 0.25) is 0 Å². The topological polar surface area (TPSA) is 20.2 Å². The highest BCUT2D eigenvalue weighted by Crippen LogP contribution is 2.44. The minimum absolute atomic E-state index is 0.294. The molecule has 0 spiro atoms. The molecule has 0 saturated heterocycles. The maximum Gasteiger partial charge on any atom is 0.116 e. The number of benzene rings is 8. The summed E-state index contributed by atoms with van der Waals surface area (Å²) in [5.41, 5.74) is 7.38. The molecule has 0 fully saturated rings. The highest BCUT2D eigenvalue weighted by Gasteiger charge is 2.16. The zero-order valence-corrected chi connectivity index (χ0v) is 22.4. The van der Waals surface area contributed by atoms with Gasteiger partial charge in [-0.1, -0.05) is 121 Å². The molecule has 0 atom stereocenters. The minimum atomic E-state index is 0.294. The fraction of sp³-hybridized carbons (Fsp3) is 0. The molecule has 0 amide bonds. The van der Waals surface area contributed by atoms with Crippen LogP contribution in [0.5, 0.6) is 5.75 Å². The van der Waals surface area contributed by atoms with Crippen LogP contribution in [0.1, 0.15) is 0 Å². The third-order valence-corrected chi connectivity index (χ3v) is 8.28. The van der Waals surface area contributed by atoms with Crippen molar-refractivity contribution in [3.8, 4) is 39.1 Å². The maximum atomic E-state index is 9.82.